The van der Waals surface area contributed by atoms with Gasteiger partial charge < -0.3 is 92.2 Å². The fourth-order valence-electron chi connectivity index (χ4n) is 11.8. The van der Waals surface area contributed by atoms with Gasteiger partial charge in [0.2, 0.25) is 23.0 Å². The number of halogens is 1. The van der Waals surface area contributed by atoms with Crippen LogP contribution in [0.25, 0.3) is 16.4 Å². The van der Waals surface area contributed by atoms with Crippen LogP contribution in [-0.4, -0.2) is 196 Å². The number of aromatic nitrogens is 4. The number of amides is 5. The van der Waals surface area contributed by atoms with Gasteiger partial charge in [0, 0.05) is 116 Å². The van der Waals surface area contributed by atoms with Crippen LogP contribution in [0, 0.1) is 65.5 Å². The first-order chi connectivity index (χ1) is 56.2. The molecule has 1 saturated heterocycles. The minimum absolute atomic E-state index is 0. The van der Waals surface area contributed by atoms with E-state index < -0.39 is 77.8 Å². The molecule has 5 aliphatic carbocycles. The van der Waals surface area contributed by atoms with E-state index in [4.69, 9.17) is 58.0 Å². The number of Topliss-reactive ketones (excluding diaryl/α,β-unsaturated/α-hetero) is 1. The summed E-state index contributed by atoms with van der Waals surface area (Å²) >= 11 is 0. The van der Waals surface area contributed by atoms with Crippen LogP contribution in [0.3, 0.4) is 0 Å². The maximum absolute atomic E-state index is 15.4. The molecule has 41 heteroatoms. The van der Waals surface area contributed by atoms with Crippen molar-refractivity contribution >= 4 is 95.4 Å². The summed E-state index contributed by atoms with van der Waals surface area (Å²) in [5.41, 5.74) is 22.7. The van der Waals surface area contributed by atoms with Gasteiger partial charge >= 0.3 is 108 Å². The van der Waals surface area contributed by atoms with Crippen molar-refractivity contribution in [3.05, 3.63) is 123 Å². The van der Waals surface area contributed by atoms with Crippen molar-refractivity contribution in [3.8, 4) is 12.3 Å². The number of carbonyl (C=O) groups excluding carboxylic acids is 7. The number of aliphatic carboxylic acids is 2. The van der Waals surface area contributed by atoms with E-state index in [1.165, 1.54) is 59.7 Å². The average Bonchev–Trinajstić information content (AvgIpc) is 1.70. The first-order valence-electron chi connectivity index (χ1n) is 38.3. The van der Waals surface area contributed by atoms with Gasteiger partial charge in [-0.05, 0) is 149 Å². The molecular formula is C79H112FN14Na2O23P. The summed E-state index contributed by atoms with van der Waals surface area (Å²) < 4.78 is 49.8. The molecule has 6 fully saturated rings. The maximum Gasteiger partial charge on any atom is 1.00 e. The number of ether oxygens (including phenoxy) is 2. The molecule has 5 amide bonds. The Morgan fingerprint density at radius 2 is 1.36 bits per heavy atom. The Hall–Kier alpha value is -8.87. The molecule has 0 spiro atoms. The average molecular weight is 1720 g/mol. The Kier molecular flexibility index (Phi) is 49.3. The van der Waals surface area contributed by atoms with E-state index in [0.29, 0.717) is 66.3 Å². The number of nitrogens with zero attached hydrogens (tertiary/aromatic N) is 9. The van der Waals surface area contributed by atoms with E-state index in [0.717, 1.165) is 77.2 Å². The minimum atomic E-state index is -3.70. The molecule has 6 aliphatic rings. The molecule has 2 aromatic heterocycles. The number of benzene rings is 3. The number of ketones is 1. The number of fused-ring (bicyclic) bond motifs is 1. The number of hydrogen-bond donors (Lipinski definition) is 8. The maximum atomic E-state index is 15.4. The number of piperazine rings is 1. The number of pyridine rings is 1. The summed E-state index contributed by atoms with van der Waals surface area (Å²) in [6.07, 6.45) is 19.6. The van der Waals surface area contributed by atoms with E-state index in [9.17, 15) is 57.6 Å². The number of rotatable bonds is 32. The summed E-state index contributed by atoms with van der Waals surface area (Å²) in [4.78, 5) is 144. The van der Waals surface area contributed by atoms with Crippen LogP contribution in [0.15, 0.2) is 83.9 Å². The number of nitrogens with one attached hydrogen (secondary N) is 3. The number of anilines is 2. The van der Waals surface area contributed by atoms with Crippen molar-refractivity contribution in [1.29, 1.82) is 0 Å². The topological polar surface area (TPSA) is 523 Å². The quantitative estimate of drug-likeness (QED) is 0.00260. The second-order valence-corrected chi connectivity index (χ2v) is 30.6. The van der Waals surface area contributed by atoms with Gasteiger partial charge in [-0.1, -0.05) is 68.4 Å². The standard InChI is InChI=1S/C45H50FN9O9.C8H15NO2.C7H10.C6H10O2.C5H9N2O4P.C5H9NO2.C2H7NO.CH2O3.2Na.H/c1-2-52-24-34(43(59)60)41(57)33-21-35(46)39(23-38(33)52)53-17-19-54(20-18-53)45(62)64-27-29-10-14-31(15-11-29)49-42(58)37(9-6-16-48-44(47)61)55-25-36(50-51-55)32(30-12-13-30)22-40(56)63-26-28-7-4-3-5-8-28;1-6(7-4-5-7)8(10)9(2)11-3;1-3-6(2)7-4-5-7;1-4(6(7)8)5-2-3-5;1-4(8)5(7-6)12(9,10-2)11-3;6-4(5(7)8)3-1-2-3;1-3-4-2;2-1-4-3;;;/h3-5,7-8,10-11,14-15,21,23-25,30,32,37H,2,6,9,12-13,16-20,22,26-27H2,1H3,(H,49,58)(H,59,60)(H3,47,48,61);6-7H,4-5H2,1-3H3;1,6-7H,4-5H2,2H3;4-5H,2-3H2,1H3,(H,7,8);1-3H3;3-4H,1-2,6H2,(H,7,8);3H,1-2H3;1,3H;;;/q;;;;;;;;2*+1;-1/p-1/t32-,37-;2*6-;4-;;4-;;;;;/m0010.0...../s1. The number of hydrogen-bond acceptors (Lipinski definition) is 25. The minimum Gasteiger partial charge on any atom is -1.00 e. The Bertz CT molecular complexity index is 4310. The van der Waals surface area contributed by atoms with Crippen molar-refractivity contribution < 1.29 is 176 Å². The first kappa shape index (κ1) is 107. The second kappa shape index (κ2) is 55.2. The number of carboxylic acid groups (broad SMARTS) is 3. The second-order valence-electron chi connectivity index (χ2n) is 28.4. The van der Waals surface area contributed by atoms with Gasteiger partial charge in [-0.2, -0.15) is 4.79 Å². The van der Waals surface area contributed by atoms with Gasteiger partial charge in [0.1, 0.15) is 36.7 Å². The van der Waals surface area contributed by atoms with Crippen LogP contribution in [-0.2, 0) is 91.0 Å². The van der Waals surface area contributed by atoms with Gasteiger partial charge in [-0.25, -0.2) is 38.6 Å². The molecular weight excluding hydrogens is 1610 g/mol. The van der Waals surface area contributed by atoms with Crippen LogP contribution >= 0.6 is 7.60 Å². The van der Waals surface area contributed by atoms with Crippen LogP contribution in [0.2, 0.25) is 0 Å². The van der Waals surface area contributed by atoms with E-state index in [1.54, 1.807) is 75.0 Å². The van der Waals surface area contributed by atoms with Gasteiger partial charge in [-0.3, -0.25) is 43.2 Å². The number of urea groups is 1. The first-order valence-corrected chi connectivity index (χ1v) is 39.9. The largest absolute Gasteiger partial charge is 1.00 e. The SMILES string of the molecule is C#C[C@@H](C)C1CC1.CCn1cc(C(=O)O)c(=O)c2cc(F)c(N3CCN(C(=O)OCc4ccc(NC(=O)[C@H](CCCNC(N)=O)n5cc([C@@H](CC(=O)OCc6ccccc6)C6CC6)nn5)cc4)CC3)cc21.CNOC.CON(C)C(=O)[C@@H](C)C1CC1.COP(=O)(OC)C(=[N+]=[N-])C(C)=O.C[C@H](C(=O)O)C1CC1.N[C@H](C(=O)O)C1CC1.O=CO[O-].[H-].[Na+].[Na+]. The summed E-state index contributed by atoms with van der Waals surface area (Å²) in [5, 5.41) is 50.0. The Morgan fingerprint density at radius 1 is 0.817 bits per heavy atom. The van der Waals surface area contributed by atoms with E-state index in [2.05, 4.69) is 62.8 Å². The molecule has 6 atom stereocenters. The number of terminal acetylenes is 1. The van der Waals surface area contributed by atoms with Gasteiger partial charge in [0.15, 0.2) is 0 Å². The zero-order valence-electron chi connectivity index (χ0n) is 71.4. The summed E-state index contributed by atoms with van der Waals surface area (Å²) in [6, 6.07) is 16.7. The van der Waals surface area contributed by atoms with Gasteiger partial charge in [0.05, 0.1) is 43.5 Å². The van der Waals surface area contributed by atoms with Crippen molar-refractivity contribution in [3.63, 3.8) is 0 Å². The summed E-state index contributed by atoms with van der Waals surface area (Å²) in [5.74, 6) is 0.735. The number of aromatic carboxylic acids is 1. The molecule has 3 heterocycles. The Labute approximate surface area is 742 Å². The smallest absolute Gasteiger partial charge is 1.00 e. The van der Waals surface area contributed by atoms with Crippen LogP contribution in [0.4, 0.5) is 25.4 Å². The molecule has 0 radical (unpaired) electrons. The van der Waals surface area contributed by atoms with Gasteiger partial charge in [0.25, 0.3) is 6.47 Å². The molecule has 10 N–H and O–H groups in total. The molecule has 1 aliphatic heterocycles. The molecule has 650 valence electrons. The molecule has 120 heavy (non-hydrogen) atoms. The Morgan fingerprint density at radius 3 is 1.78 bits per heavy atom. The number of aryl methyl sites for hydroxylation is 1. The monoisotopic (exact) mass is 1720 g/mol. The van der Waals surface area contributed by atoms with Crippen molar-refractivity contribution in [2.75, 3.05) is 85.5 Å². The van der Waals surface area contributed by atoms with Crippen LogP contribution in [0.5, 0.6) is 0 Å². The third kappa shape index (κ3) is 36.8. The van der Waals surface area contributed by atoms with Crippen LogP contribution in [0.1, 0.15) is 159 Å². The molecule has 11 rings (SSSR count). The van der Waals surface area contributed by atoms with Crippen LogP contribution < -0.4 is 102 Å². The predicted octanol–water partition coefficient (Wildman–Crippen LogP) is 1.82. The number of esters is 1. The number of nitrogens with two attached hydrogens (primary N) is 2. The van der Waals surface area contributed by atoms with E-state index in [-0.39, 0.29) is 171 Å². The van der Waals surface area contributed by atoms with Crippen molar-refractivity contribution in [2.45, 2.75) is 156 Å². The van der Waals surface area contributed by atoms with E-state index >= 15 is 4.39 Å². The van der Waals surface area contributed by atoms with Crippen molar-refractivity contribution in [1.82, 2.24) is 40.3 Å². The summed E-state index contributed by atoms with van der Waals surface area (Å²) in [6.45, 7) is 10.4. The Balaban J connectivity index is 0.00000102. The number of primary amides is 1. The number of hydroxylamine groups is 3. The summed E-state index contributed by atoms with van der Waals surface area (Å²) in [7, 11) is 4.94. The normalized spacial score (nSPS) is 15.5. The molecule has 3 aromatic carbocycles. The molecule has 37 nitrogen and oxygen atoms in total. The predicted molar refractivity (Wildman–Crippen MR) is 428 cm³/mol. The third-order valence-electron chi connectivity index (χ3n) is 19.9. The zero-order chi connectivity index (χ0) is 87.9. The zero-order valence-corrected chi connectivity index (χ0v) is 75.3. The fourth-order valence-corrected chi connectivity index (χ4v) is 12.7. The van der Waals surface area contributed by atoms with Crippen molar-refractivity contribution in [2.24, 2.45) is 58.8 Å². The molecule has 5 saturated carbocycles. The number of carboxylic acids is 3. The van der Waals surface area contributed by atoms with Gasteiger partial charge in [-0.15, -0.1) is 17.4 Å². The third-order valence-corrected chi connectivity index (χ3v) is 21.8. The molecule has 5 aromatic rings. The molecule has 0 unspecified atom stereocenters. The van der Waals surface area contributed by atoms with E-state index in [1.807, 2.05) is 37.3 Å². The molecule has 0 bridgehead atoms. The fraction of sp³-hybridized carbons (Fsp3) is 0.544. The number of carbonyl (C=O) groups is 10.